The maximum atomic E-state index is 12.9. The monoisotopic (exact) mass is 589 g/mol. The second-order valence-electron chi connectivity index (χ2n) is 8.62. The van der Waals surface area contributed by atoms with E-state index in [0.29, 0.717) is 28.3 Å². The number of amides is 3. The van der Waals surface area contributed by atoms with Gasteiger partial charge in [0, 0.05) is 21.8 Å². The number of nitrogens with one attached hydrogen (secondary N) is 3. The number of rotatable bonds is 10. The molecule has 4 rings (SSSR count). The van der Waals surface area contributed by atoms with Crippen molar-refractivity contribution in [3.05, 3.63) is 100 Å². The third-order valence-corrected chi connectivity index (χ3v) is 8.02. The number of carbonyl (C=O) groups excluding carboxylic acids is 4. The van der Waals surface area contributed by atoms with E-state index in [1.165, 1.54) is 26.0 Å². The summed E-state index contributed by atoms with van der Waals surface area (Å²) >= 11 is 2.26. The number of ether oxygens (including phenoxy) is 2. The number of hydrogen-bond acceptors (Lipinski definition) is 8. The average Bonchev–Trinajstić information content (AvgIpc) is 3.31. The van der Waals surface area contributed by atoms with Gasteiger partial charge in [0.1, 0.15) is 10.8 Å². The maximum absolute atomic E-state index is 12.9. The molecule has 0 saturated carbocycles. The van der Waals surface area contributed by atoms with Crippen molar-refractivity contribution in [2.45, 2.75) is 11.8 Å². The van der Waals surface area contributed by atoms with E-state index in [0.717, 1.165) is 16.2 Å². The maximum Gasteiger partial charge on any atom is 0.341 e. The minimum Gasteiger partial charge on any atom is -0.497 e. The highest BCUT2D eigenvalue weighted by Gasteiger charge is 2.26. The van der Waals surface area contributed by atoms with Crippen molar-refractivity contribution in [2.75, 3.05) is 35.9 Å². The smallest absolute Gasteiger partial charge is 0.341 e. The van der Waals surface area contributed by atoms with Crippen LogP contribution in [0.1, 0.15) is 36.0 Å². The molecule has 1 heterocycles. The molecule has 41 heavy (non-hydrogen) atoms. The number of methoxy groups -OCH3 is 2. The van der Waals surface area contributed by atoms with Gasteiger partial charge in [0.15, 0.2) is 0 Å². The molecule has 0 spiro atoms. The van der Waals surface area contributed by atoms with E-state index < -0.39 is 11.9 Å². The molecule has 11 heteroatoms. The molecule has 1 aromatic heterocycles. The Bertz CT molecular complexity index is 1590. The Morgan fingerprint density at radius 1 is 0.805 bits per heavy atom. The van der Waals surface area contributed by atoms with Gasteiger partial charge in [-0.1, -0.05) is 30.3 Å². The first-order chi connectivity index (χ1) is 19.8. The lowest BCUT2D eigenvalue weighted by Gasteiger charge is -2.09. The van der Waals surface area contributed by atoms with Crippen LogP contribution in [0.5, 0.6) is 5.75 Å². The van der Waals surface area contributed by atoms with Crippen molar-refractivity contribution in [3.8, 4) is 5.75 Å². The molecular weight excluding hydrogens is 562 g/mol. The molecule has 3 amide bonds. The molecule has 0 atom stereocenters. The van der Waals surface area contributed by atoms with Crippen LogP contribution in [-0.2, 0) is 9.53 Å². The zero-order valence-corrected chi connectivity index (χ0v) is 24.1. The molecule has 9 nitrogen and oxygen atoms in total. The van der Waals surface area contributed by atoms with Crippen LogP contribution in [0, 0.1) is 6.92 Å². The standard InChI is InChI=1S/C30H27N3O6S2/c1-18-25(30(37)39-3)29(41-26(18)28(36)31-20-10-5-4-6-11-20)33-24(34)17-40-23-14-8-12-21(16-23)32-27(35)19-9-7-13-22(15-19)38-2/h4-16H,17H2,1-3H3,(H,31,36)(H,32,35)(H,33,34). The van der Waals surface area contributed by atoms with Crippen molar-refractivity contribution in [3.63, 3.8) is 0 Å². The first-order valence-electron chi connectivity index (χ1n) is 12.3. The van der Waals surface area contributed by atoms with E-state index >= 15 is 0 Å². The van der Waals surface area contributed by atoms with Crippen LogP contribution in [0.2, 0.25) is 0 Å². The second kappa shape index (κ2) is 13.6. The fourth-order valence-electron chi connectivity index (χ4n) is 3.82. The first-order valence-corrected chi connectivity index (χ1v) is 14.2. The lowest BCUT2D eigenvalue weighted by Crippen LogP contribution is -2.16. The quantitative estimate of drug-likeness (QED) is 0.151. The van der Waals surface area contributed by atoms with Gasteiger partial charge in [0.2, 0.25) is 5.91 Å². The largest absolute Gasteiger partial charge is 0.497 e. The molecule has 0 aliphatic rings. The predicted octanol–water partition coefficient (Wildman–Crippen LogP) is 6.09. The Kier molecular flexibility index (Phi) is 9.77. The number of thioether (sulfide) groups is 1. The number of para-hydroxylation sites is 1. The van der Waals surface area contributed by atoms with Crippen molar-refractivity contribution in [1.29, 1.82) is 0 Å². The first kappa shape index (κ1) is 29.4. The van der Waals surface area contributed by atoms with Crippen molar-refractivity contribution in [2.24, 2.45) is 0 Å². The molecule has 0 radical (unpaired) electrons. The number of carbonyl (C=O) groups is 4. The summed E-state index contributed by atoms with van der Waals surface area (Å²) in [5.74, 6) is -1.11. The zero-order valence-electron chi connectivity index (χ0n) is 22.5. The number of benzene rings is 3. The van der Waals surface area contributed by atoms with E-state index in [2.05, 4.69) is 16.0 Å². The van der Waals surface area contributed by atoms with Gasteiger partial charge in [-0.25, -0.2) is 4.79 Å². The van der Waals surface area contributed by atoms with Gasteiger partial charge in [-0.15, -0.1) is 23.1 Å². The molecular formula is C30H27N3O6S2. The van der Waals surface area contributed by atoms with Crippen molar-refractivity contribution >= 4 is 63.2 Å². The van der Waals surface area contributed by atoms with Crippen LogP contribution in [-0.4, -0.2) is 43.7 Å². The Morgan fingerprint density at radius 2 is 1.51 bits per heavy atom. The van der Waals surface area contributed by atoms with Gasteiger partial charge in [-0.2, -0.15) is 0 Å². The van der Waals surface area contributed by atoms with Gasteiger partial charge < -0.3 is 25.4 Å². The van der Waals surface area contributed by atoms with Crippen LogP contribution in [0.4, 0.5) is 16.4 Å². The topological polar surface area (TPSA) is 123 Å². The summed E-state index contributed by atoms with van der Waals surface area (Å²) < 4.78 is 10.1. The zero-order chi connectivity index (χ0) is 29.4. The molecule has 0 unspecified atom stereocenters. The molecule has 0 fully saturated rings. The molecule has 3 aromatic carbocycles. The lowest BCUT2D eigenvalue weighted by molar-refractivity contribution is -0.113. The molecule has 0 aliphatic heterocycles. The minimum atomic E-state index is -0.653. The fraction of sp³-hybridized carbons (Fsp3) is 0.133. The summed E-state index contributed by atoms with van der Waals surface area (Å²) in [5, 5.41) is 8.63. The van der Waals surface area contributed by atoms with E-state index in [1.54, 1.807) is 73.7 Å². The van der Waals surface area contributed by atoms with Gasteiger partial charge in [-0.05, 0) is 61.0 Å². The number of thiophene rings is 1. The van der Waals surface area contributed by atoms with E-state index in [4.69, 9.17) is 9.47 Å². The van der Waals surface area contributed by atoms with Crippen LogP contribution < -0.4 is 20.7 Å². The molecule has 0 aliphatic carbocycles. The van der Waals surface area contributed by atoms with E-state index in [1.807, 2.05) is 12.1 Å². The highest BCUT2D eigenvalue weighted by Crippen LogP contribution is 2.34. The number of esters is 1. The van der Waals surface area contributed by atoms with E-state index in [-0.39, 0.29) is 33.0 Å². The highest BCUT2D eigenvalue weighted by molar-refractivity contribution is 8.00. The Labute approximate surface area is 245 Å². The van der Waals surface area contributed by atoms with Crippen molar-refractivity contribution in [1.82, 2.24) is 0 Å². The van der Waals surface area contributed by atoms with Gasteiger partial charge in [-0.3, -0.25) is 14.4 Å². The summed E-state index contributed by atoms with van der Waals surface area (Å²) in [6.07, 6.45) is 0. The fourth-order valence-corrected chi connectivity index (χ4v) is 5.68. The Morgan fingerprint density at radius 3 is 2.24 bits per heavy atom. The van der Waals surface area contributed by atoms with Crippen LogP contribution in [0.25, 0.3) is 0 Å². The average molecular weight is 590 g/mol. The molecule has 0 bridgehead atoms. The van der Waals surface area contributed by atoms with Crippen LogP contribution in [0.3, 0.4) is 0 Å². The second-order valence-corrected chi connectivity index (χ2v) is 10.7. The summed E-state index contributed by atoms with van der Waals surface area (Å²) in [4.78, 5) is 52.0. The van der Waals surface area contributed by atoms with Gasteiger partial charge in [0.05, 0.1) is 30.4 Å². The van der Waals surface area contributed by atoms with Gasteiger partial charge in [0.25, 0.3) is 11.8 Å². The Balaban J connectivity index is 1.42. The molecule has 3 N–H and O–H groups in total. The number of anilines is 3. The third-order valence-electron chi connectivity index (χ3n) is 5.82. The van der Waals surface area contributed by atoms with Crippen molar-refractivity contribution < 1.29 is 28.7 Å². The normalized spacial score (nSPS) is 10.4. The summed E-state index contributed by atoms with van der Waals surface area (Å²) in [7, 11) is 2.77. The summed E-state index contributed by atoms with van der Waals surface area (Å²) in [6.45, 7) is 1.64. The summed E-state index contributed by atoms with van der Waals surface area (Å²) in [5.41, 5.74) is 2.17. The van der Waals surface area contributed by atoms with E-state index in [9.17, 15) is 19.2 Å². The highest BCUT2D eigenvalue weighted by atomic mass is 32.2. The lowest BCUT2D eigenvalue weighted by atomic mass is 10.1. The third kappa shape index (κ3) is 7.53. The molecule has 0 saturated heterocycles. The summed E-state index contributed by atoms with van der Waals surface area (Å²) in [6, 6.07) is 22.9. The molecule has 210 valence electrons. The predicted molar refractivity (Wildman–Crippen MR) is 162 cm³/mol. The minimum absolute atomic E-state index is 0.0242. The van der Waals surface area contributed by atoms with Crippen LogP contribution >= 0.6 is 23.1 Å². The SMILES string of the molecule is COC(=O)c1c(NC(=O)CSc2cccc(NC(=O)c3cccc(OC)c3)c2)sc(C(=O)Nc2ccccc2)c1C. The van der Waals surface area contributed by atoms with Crippen LogP contribution in [0.15, 0.2) is 83.8 Å². The Hall–Kier alpha value is -4.61. The van der Waals surface area contributed by atoms with Gasteiger partial charge >= 0.3 is 5.97 Å². The number of hydrogen-bond donors (Lipinski definition) is 3. The molecule has 4 aromatic rings.